The second-order valence-corrected chi connectivity index (χ2v) is 9.40. The molecule has 5 rings (SSSR count). The number of fused-ring (bicyclic) bond motifs is 1. The minimum atomic E-state index is -0.333. The number of para-hydroxylation sites is 1. The van der Waals surface area contributed by atoms with Crippen LogP contribution < -0.4 is 10.4 Å². The molecule has 1 aliphatic heterocycles. The highest BCUT2D eigenvalue weighted by molar-refractivity contribution is 5.97. The van der Waals surface area contributed by atoms with E-state index in [-0.39, 0.29) is 35.6 Å². The third kappa shape index (κ3) is 5.33. The molecule has 194 valence electrons. The van der Waals surface area contributed by atoms with Crippen LogP contribution in [0.5, 0.6) is 5.75 Å². The van der Waals surface area contributed by atoms with Crippen LogP contribution in [0.2, 0.25) is 0 Å². The van der Waals surface area contributed by atoms with Gasteiger partial charge in [-0.05, 0) is 93.0 Å². The van der Waals surface area contributed by atoms with E-state index < -0.39 is 0 Å². The molecule has 0 radical (unpaired) electrons. The van der Waals surface area contributed by atoms with E-state index in [0.717, 1.165) is 60.5 Å². The number of likely N-dealkylation sites (tertiary alicyclic amines) is 1. The van der Waals surface area contributed by atoms with Crippen molar-refractivity contribution in [1.29, 1.82) is 0 Å². The number of imidazole rings is 1. The first kappa shape index (κ1) is 26.6. The summed E-state index contributed by atoms with van der Waals surface area (Å²) >= 11 is 0. The van der Waals surface area contributed by atoms with Crippen molar-refractivity contribution in [3.05, 3.63) is 94.2 Å². The number of nitrogens with zero attached hydrogens (tertiary/aromatic N) is 3. The maximum absolute atomic E-state index is 13.6. The van der Waals surface area contributed by atoms with Crippen LogP contribution in [0.25, 0.3) is 16.7 Å². The molecule has 1 saturated heterocycles. The average molecular weight is 524 g/mol. The molecule has 0 N–H and O–H groups in total. The fraction of sp³-hybridized carbons (Fsp3) is 0.310. The summed E-state index contributed by atoms with van der Waals surface area (Å²) in [7, 11) is 1.62. The molecule has 0 saturated carbocycles. The number of hydrogen-bond donors (Lipinski definition) is 0. The number of hydrogen-bond acceptors (Lipinski definition) is 4. The molecule has 4 aromatic rings. The van der Waals surface area contributed by atoms with Crippen molar-refractivity contribution in [2.45, 2.75) is 26.3 Å². The van der Waals surface area contributed by atoms with Gasteiger partial charge in [0.2, 0.25) is 0 Å². The van der Waals surface area contributed by atoms with Crippen molar-refractivity contribution in [3.63, 3.8) is 0 Å². The maximum atomic E-state index is 13.6. The van der Waals surface area contributed by atoms with Gasteiger partial charge in [-0.3, -0.25) is 13.9 Å². The van der Waals surface area contributed by atoms with Crippen LogP contribution in [0.4, 0.5) is 4.39 Å². The summed E-state index contributed by atoms with van der Waals surface area (Å²) in [5.41, 5.74) is 4.18. The second kappa shape index (κ2) is 11.3. The molecule has 0 amide bonds. The summed E-state index contributed by atoms with van der Waals surface area (Å²) in [6, 6.07) is 19.3. The Morgan fingerprint density at radius 3 is 2.30 bits per heavy atom. The zero-order valence-electron chi connectivity index (χ0n) is 21.0. The quantitative estimate of drug-likeness (QED) is 0.310. The Hall–Kier alpha value is -3.42. The number of methoxy groups -OCH3 is 1. The largest absolute Gasteiger partial charge is 0.497 e. The minimum absolute atomic E-state index is 0. The van der Waals surface area contributed by atoms with Crippen molar-refractivity contribution in [2.75, 3.05) is 26.7 Å². The molecule has 3 aromatic carbocycles. The van der Waals surface area contributed by atoms with E-state index in [4.69, 9.17) is 4.74 Å². The molecule has 0 bridgehead atoms. The number of piperidine rings is 1. The Balaban J connectivity index is 0.00000320. The van der Waals surface area contributed by atoms with E-state index in [1.807, 2.05) is 54.0 Å². The van der Waals surface area contributed by atoms with Crippen LogP contribution in [-0.2, 0) is 6.54 Å². The third-order valence-electron chi connectivity index (χ3n) is 7.21. The fourth-order valence-corrected chi connectivity index (χ4v) is 5.17. The number of ether oxygens (including phenoxy) is 1. The van der Waals surface area contributed by atoms with Gasteiger partial charge in [0.25, 0.3) is 0 Å². The first-order valence-corrected chi connectivity index (χ1v) is 12.3. The van der Waals surface area contributed by atoms with E-state index in [1.54, 1.807) is 23.8 Å². The second-order valence-electron chi connectivity index (χ2n) is 9.40. The Morgan fingerprint density at radius 1 is 0.973 bits per heavy atom. The molecule has 0 spiro atoms. The van der Waals surface area contributed by atoms with Crippen molar-refractivity contribution in [1.82, 2.24) is 14.0 Å². The van der Waals surface area contributed by atoms with Gasteiger partial charge < -0.3 is 9.64 Å². The molecular weight excluding hydrogens is 493 g/mol. The van der Waals surface area contributed by atoms with Gasteiger partial charge in [-0.1, -0.05) is 12.1 Å². The van der Waals surface area contributed by atoms with Crippen molar-refractivity contribution < 1.29 is 13.9 Å². The number of carbonyl (C=O) groups is 1. The molecule has 0 atom stereocenters. The van der Waals surface area contributed by atoms with E-state index >= 15 is 0 Å². The predicted molar refractivity (Wildman–Crippen MR) is 146 cm³/mol. The Kier molecular flexibility index (Phi) is 8.15. The topological polar surface area (TPSA) is 56.5 Å². The van der Waals surface area contributed by atoms with E-state index in [2.05, 4.69) is 4.90 Å². The van der Waals surface area contributed by atoms with Crippen LogP contribution in [0, 0.1) is 18.7 Å². The number of halogens is 2. The first-order chi connectivity index (χ1) is 17.5. The maximum Gasteiger partial charge on any atom is 0.333 e. The Labute approximate surface area is 221 Å². The number of carbonyl (C=O) groups excluding carboxylic acids is 1. The molecule has 1 aliphatic rings. The monoisotopic (exact) mass is 523 g/mol. The first-order valence-electron chi connectivity index (χ1n) is 12.3. The van der Waals surface area contributed by atoms with Gasteiger partial charge in [0.1, 0.15) is 11.6 Å². The third-order valence-corrected chi connectivity index (χ3v) is 7.21. The normalized spacial score (nSPS) is 14.5. The molecule has 1 aromatic heterocycles. The molecule has 8 heteroatoms. The lowest BCUT2D eigenvalue weighted by Gasteiger charge is -2.31. The zero-order valence-corrected chi connectivity index (χ0v) is 21.8. The van der Waals surface area contributed by atoms with E-state index in [0.29, 0.717) is 12.1 Å². The fourth-order valence-electron chi connectivity index (χ4n) is 5.17. The highest BCUT2D eigenvalue weighted by atomic mass is 35.5. The van der Waals surface area contributed by atoms with E-state index in [9.17, 15) is 14.0 Å². The number of aryl methyl sites for hydroxylation is 1. The van der Waals surface area contributed by atoms with E-state index in [1.165, 1.54) is 12.1 Å². The zero-order chi connectivity index (χ0) is 25.2. The van der Waals surface area contributed by atoms with Crippen LogP contribution >= 0.6 is 12.4 Å². The molecule has 6 nitrogen and oxygen atoms in total. The number of Topliss-reactive ketones (excluding diaryl/α,β-unsaturated/α-hetero) is 1. The standard InChI is InChI=1S/C29H30FN3O3.ClH/c1-20-4-3-5-26-27(20)33(24-10-12-25(36-2)13-11-24)29(35)32(26)19-18-31-16-14-22(15-17-31)28(34)21-6-8-23(30)9-7-21;/h3-13,22H,14-19H2,1-2H3;1H. The van der Waals surface area contributed by atoms with Crippen LogP contribution in [0.1, 0.15) is 28.8 Å². The predicted octanol–water partition coefficient (Wildman–Crippen LogP) is 5.27. The molecule has 0 aliphatic carbocycles. The number of rotatable bonds is 7. The number of aromatic nitrogens is 2. The lowest BCUT2D eigenvalue weighted by Crippen LogP contribution is -2.39. The summed E-state index contributed by atoms with van der Waals surface area (Å²) < 4.78 is 22.1. The Bertz CT molecular complexity index is 1440. The number of ketones is 1. The molecular formula is C29H31ClFN3O3. The van der Waals surface area contributed by atoms with Gasteiger partial charge in [0.05, 0.1) is 23.8 Å². The summed E-state index contributed by atoms with van der Waals surface area (Å²) in [6.45, 7) is 4.91. The van der Waals surface area contributed by atoms with Gasteiger partial charge >= 0.3 is 5.69 Å². The number of benzene rings is 3. The van der Waals surface area contributed by atoms with Crippen LogP contribution in [-0.4, -0.2) is 46.6 Å². The highest BCUT2D eigenvalue weighted by Gasteiger charge is 2.26. The molecule has 37 heavy (non-hydrogen) atoms. The van der Waals surface area contributed by atoms with Crippen molar-refractivity contribution in [2.24, 2.45) is 5.92 Å². The summed E-state index contributed by atoms with van der Waals surface area (Å²) in [6.07, 6.45) is 1.52. The SMILES string of the molecule is COc1ccc(-n2c(=O)n(CCN3CCC(C(=O)c4ccc(F)cc4)CC3)c3cccc(C)c32)cc1.Cl. The summed E-state index contributed by atoms with van der Waals surface area (Å²) in [5.74, 6) is 0.451. The lowest BCUT2D eigenvalue weighted by atomic mass is 9.89. The Morgan fingerprint density at radius 2 is 1.65 bits per heavy atom. The molecule has 0 unspecified atom stereocenters. The highest BCUT2D eigenvalue weighted by Crippen LogP contribution is 2.24. The summed E-state index contributed by atoms with van der Waals surface area (Å²) in [4.78, 5) is 28.7. The smallest absolute Gasteiger partial charge is 0.333 e. The summed E-state index contributed by atoms with van der Waals surface area (Å²) in [5, 5.41) is 0. The van der Waals surface area contributed by atoms with Crippen LogP contribution in [0.3, 0.4) is 0 Å². The van der Waals surface area contributed by atoms with Gasteiger partial charge in [-0.15, -0.1) is 12.4 Å². The average Bonchev–Trinajstić information content (AvgIpc) is 3.20. The van der Waals surface area contributed by atoms with Gasteiger partial charge in [-0.2, -0.15) is 0 Å². The minimum Gasteiger partial charge on any atom is -0.497 e. The van der Waals surface area contributed by atoms with Crippen LogP contribution in [0.15, 0.2) is 71.5 Å². The van der Waals surface area contributed by atoms with Crippen molar-refractivity contribution in [3.8, 4) is 11.4 Å². The van der Waals surface area contributed by atoms with Gasteiger partial charge in [0, 0.05) is 24.6 Å². The van der Waals surface area contributed by atoms with Gasteiger partial charge in [-0.25, -0.2) is 9.18 Å². The van der Waals surface area contributed by atoms with Crippen molar-refractivity contribution >= 4 is 29.2 Å². The molecule has 1 fully saturated rings. The molecule has 2 heterocycles. The lowest BCUT2D eigenvalue weighted by molar-refractivity contribution is 0.0837. The van der Waals surface area contributed by atoms with Gasteiger partial charge in [0.15, 0.2) is 5.78 Å².